The number of carboxylic acids is 2. The molecule has 4 nitrogen and oxygen atoms in total. The normalized spacial score (nSPS) is 22.1. The van der Waals surface area contributed by atoms with Gasteiger partial charge < -0.3 is 10.2 Å². The van der Waals surface area contributed by atoms with Crippen LogP contribution in [0, 0.1) is 22.7 Å². The molecule has 0 atom stereocenters. The minimum absolute atomic E-state index is 0.0324. The SMILES string of the molecule is CC(C)C1(C(C)C)CCCCC1(C(=O)O)C(=O)O. The first-order chi connectivity index (χ1) is 8.23. The summed E-state index contributed by atoms with van der Waals surface area (Å²) in [5, 5.41) is 19.2. The van der Waals surface area contributed by atoms with Gasteiger partial charge in [0.2, 0.25) is 0 Å². The third-order valence-corrected chi connectivity index (χ3v) is 4.98. The largest absolute Gasteiger partial charge is 0.480 e. The molecule has 1 saturated carbocycles. The Kier molecular flexibility index (Phi) is 4.08. The maximum Gasteiger partial charge on any atom is 0.321 e. The van der Waals surface area contributed by atoms with Crippen LogP contribution in [0.2, 0.25) is 0 Å². The van der Waals surface area contributed by atoms with E-state index in [2.05, 4.69) is 0 Å². The molecule has 0 aromatic heterocycles. The van der Waals surface area contributed by atoms with Crippen molar-refractivity contribution in [3.8, 4) is 0 Å². The second kappa shape index (κ2) is 4.90. The van der Waals surface area contributed by atoms with Crippen molar-refractivity contribution in [1.82, 2.24) is 0 Å². The molecule has 0 spiro atoms. The molecule has 0 amide bonds. The molecule has 0 bridgehead atoms. The molecule has 1 aliphatic carbocycles. The number of hydrogen-bond donors (Lipinski definition) is 2. The van der Waals surface area contributed by atoms with Crippen molar-refractivity contribution < 1.29 is 19.8 Å². The average molecular weight is 256 g/mol. The lowest BCUT2D eigenvalue weighted by molar-refractivity contribution is -0.191. The van der Waals surface area contributed by atoms with Crippen molar-refractivity contribution in [2.45, 2.75) is 53.4 Å². The fraction of sp³-hybridized carbons (Fsp3) is 0.857. The van der Waals surface area contributed by atoms with Crippen molar-refractivity contribution in [2.24, 2.45) is 22.7 Å². The van der Waals surface area contributed by atoms with Gasteiger partial charge in [0.1, 0.15) is 0 Å². The number of hydrogen-bond acceptors (Lipinski definition) is 2. The fourth-order valence-electron chi connectivity index (χ4n) is 4.19. The lowest BCUT2D eigenvalue weighted by Crippen LogP contribution is -2.59. The van der Waals surface area contributed by atoms with E-state index in [1.165, 1.54) is 0 Å². The molecule has 18 heavy (non-hydrogen) atoms. The predicted octanol–water partition coefficient (Wildman–Crippen LogP) is 3.01. The minimum Gasteiger partial charge on any atom is -0.480 e. The molecule has 0 aromatic rings. The minimum atomic E-state index is -1.63. The van der Waals surface area contributed by atoms with Crippen LogP contribution in [-0.2, 0) is 9.59 Å². The van der Waals surface area contributed by atoms with Crippen LogP contribution < -0.4 is 0 Å². The van der Waals surface area contributed by atoms with E-state index in [4.69, 9.17) is 0 Å². The Morgan fingerprint density at radius 1 is 0.889 bits per heavy atom. The second-order valence-electron chi connectivity index (χ2n) is 6.07. The first kappa shape index (κ1) is 15.0. The van der Waals surface area contributed by atoms with Crippen LogP contribution in [0.1, 0.15) is 53.4 Å². The van der Waals surface area contributed by atoms with Gasteiger partial charge >= 0.3 is 11.9 Å². The lowest BCUT2D eigenvalue weighted by atomic mass is 9.47. The summed E-state index contributed by atoms with van der Waals surface area (Å²) in [5.74, 6) is -2.27. The van der Waals surface area contributed by atoms with Crippen molar-refractivity contribution >= 4 is 11.9 Å². The molecule has 104 valence electrons. The Balaban J connectivity index is 3.51. The molecule has 0 heterocycles. The number of carbonyl (C=O) groups is 2. The summed E-state index contributed by atoms with van der Waals surface area (Å²) in [6.07, 6.45) is 2.52. The van der Waals surface area contributed by atoms with Crippen molar-refractivity contribution in [1.29, 1.82) is 0 Å². The maximum atomic E-state index is 11.8. The van der Waals surface area contributed by atoms with Gasteiger partial charge in [-0.1, -0.05) is 40.5 Å². The Hall–Kier alpha value is -1.06. The van der Waals surface area contributed by atoms with Gasteiger partial charge in [0, 0.05) is 5.41 Å². The standard InChI is InChI=1S/C14H24O4/c1-9(2)13(10(3)4)7-5-6-8-14(13,11(15)16)12(17)18/h9-10H,5-8H2,1-4H3,(H,15,16)(H,17,18). The van der Waals surface area contributed by atoms with Gasteiger partial charge in [-0.15, -0.1) is 0 Å². The van der Waals surface area contributed by atoms with Gasteiger partial charge in [0.25, 0.3) is 0 Å². The van der Waals surface area contributed by atoms with E-state index in [9.17, 15) is 19.8 Å². The van der Waals surface area contributed by atoms with Gasteiger partial charge in [-0.05, 0) is 24.7 Å². The Morgan fingerprint density at radius 3 is 1.56 bits per heavy atom. The predicted molar refractivity (Wildman–Crippen MR) is 68.3 cm³/mol. The molecule has 0 saturated heterocycles. The highest BCUT2D eigenvalue weighted by atomic mass is 16.4. The molecule has 0 radical (unpaired) electrons. The first-order valence-corrected chi connectivity index (χ1v) is 6.70. The zero-order chi connectivity index (χ0) is 14.1. The van der Waals surface area contributed by atoms with Gasteiger partial charge in [-0.2, -0.15) is 0 Å². The lowest BCUT2D eigenvalue weighted by Gasteiger charge is -2.54. The summed E-state index contributed by atoms with van der Waals surface area (Å²) < 4.78 is 0. The van der Waals surface area contributed by atoms with Crippen LogP contribution in [0.5, 0.6) is 0 Å². The summed E-state index contributed by atoms with van der Waals surface area (Å²) in [7, 11) is 0. The van der Waals surface area contributed by atoms with E-state index < -0.39 is 22.8 Å². The zero-order valence-electron chi connectivity index (χ0n) is 11.7. The molecular weight excluding hydrogens is 232 g/mol. The zero-order valence-corrected chi connectivity index (χ0v) is 11.7. The van der Waals surface area contributed by atoms with Crippen LogP contribution in [-0.4, -0.2) is 22.2 Å². The highest BCUT2D eigenvalue weighted by molar-refractivity contribution is 5.99. The summed E-state index contributed by atoms with van der Waals surface area (Å²) in [4.78, 5) is 23.5. The number of carboxylic acid groups (broad SMARTS) is 2. The van der Waals surface area contributed by atoms with E-state index in [1.807, 2.05) is 27.7 Å². The third-order valence-electron chi connectivity index (χ3n) is 4.98. The number of aliphatic carboxylic acids is 2. The number of rotatable bonds is 4. The van der Waals surface area contributed by atoms with E-state index >= 15 is 0 Å². The van der Waals surface area contributed by atoms with Crippen molar-refractivity contribution in [3.05, 3.63) is 0 Å². The molecule has 1 rings (SSSR count). The fourth-order valence-corrected chi connectivity index (χ4v) is 4.19. The molecule has 0 aliphatic heterocycles. The smallest absolute Gasteiger partial charge is 0.321 e. The van der Waals surface area contributed by atoms with Gasteiger partial charge in [-0.3, -0.25) is 9.59 Å². The molecule has 0 aromatic carbocycles. The van der Waals surface area contributed by atoms with Gasteiger partial charge in [0.15, 0.2) is 5.41 Å². The first-order valence-electron chi connectivity index (χ1n) is 6.70. The van der Waals surface area contributed by atoms with Crippen LogP contribution in [0.4, 0.5) is 0 Å². The van der Waals surface area contributed by atoms with Crippen LogP contribution in [0.3, 0.4) is 0 Å². The third kappa shape index (κ3) is 1.73. The summed E-state index contributed by atoms with van der Waals surface area (Å²) >= 11 is 0. The van der Waals surface area contributed by atoms with E-state index in [-0.39, 0.29) is 18.3 Å². The molecule has 0 unspecified atom stereocenters. The Labute approximate surface area is 108 Å². The van der Waals surface area contributed by atoms with Crippen LogP contribution >= 0.6 is 0 Å². The van der Waals surface area contributed by atoms with Crippen LogP contribution in [0.15, 0.2) is 0 Å². The van der Waals surface area contributed by atoms with Crippen LogP contribution in [0.25, 0.3) is 0 Å². The Morgan fingerprint density at radius 2 is 1.28 bits per heavy atom. The van der Waals surface area contributed by atoms with E-state index in [0.29, 0.717) is 12.8 Å². The molecule has 1 fully saturated rings. The highest BCUT2D eigenvalue weighted by Gasteiger charge is 2.65. The average Bonchev–Trinajstić information content (AvgIpc) is 2.27. The Bertz CT molecular complexity index is 322. The molecule has 4 heteroatoms. The summed E-state index contributed by atoms with van der Waals surface area (Å²) in [5.41, 5.74) is -2.30. The van der Waals surface area contributed by atoms with Gasteiger partial charge in [0.05, 0.1) is 0 Å². The van der Waals surface area contributed by atoms with Crippen molar-refractivity contribution in [2.75, 3.05) is 0 Å². The highest BCUT2D eigenvalue weighted by Crippen LogP contribution is 2.59. The topological polar surface area (TPSA) is 74.6 Å². The molecular formula is C14H24O4. The summed E-state index contributed by atoms with van der Waals surface area (Å²) in [6.45, 7) is 7.80. The quantitative estimate of drug-likeness (QED) is 0.758. The van der Waals surface area contributed by atoms with Gasteiger partial charge in [-0.25, -0.2) is 0 Å². The monoisotopic (exact) mass is 256 g/mol. The summed E-state index contributed by atoms with van der Waals surface area (Å²) in [6, 6.07) is 0. The van der Waals surface area contributed by atoms with E-state index in [1.54, 1.807) is 0 Å². The second-order valence-corrected chi connectivity index (χ2v) is 6.07. The molecule has 2 N–H and O–H groups in total. The van der Waals surface area contributed by atoms with Crippen molar-refractivity contribution in [3.63, 3.8) is 0 Å². The maximum absolute atomic E-state index is 11.8. The van der Waals surface area contributed by atoms with E-state index in [0.717, 1.165) is 6.42 Å². The molecule has 1 aliphatic rings.